The third-order valence-electron chi connectivity index (χ3n) is 7.16. The monoisotopic (exact) mass is 606 g/mol. The zero-order valence-corrected chi connectivity index (χ0v) is 24.7. The second kappa shape index (κ2) is 12.4. The van der Waals surface area contributed by atoms with Crippen LogP contribution in [0.5, 0.6) is 5.75 Å². The number of nitrogens with zero attached hydrogens (tertiary/aromatic N) is 1. The summed E-state index contributed by atoms with van der Waals surface area (Å²) in [5.41, 5.74) is 1.95. The van der Waals surface area contributed by atoms with Crippen molar-refractivity contribution in [1.82, 2.24) is 10.2 Å². The molecule has 1 N–H and O–H groups in total. The van der Waals surface area contributed by atoms with Crippen LogP contribution in [0.1, 0.15) is 18.1 Å². The van der Waals surface area contributed by atoms with Gasteiger partial charge in [-0.1, -0.05) is 60.7 Å². The zero-order chi connectivity index (χ0) is 29.9. The van der Waals surface area contributed by atoms with Gasteiger partial charge in [0.05, 0.1) is 24.2 Å². The zero-order valence-electron chi connectivity index (χ0n) is 23.1. The summed E-state index contributed by atoms with van der Waals surface area (Å²) in [5.74, 6) is -1.16. The molecule has 3 aromatic carbocycles. The summed E-state index contributed by atoms with van der Waals surface area (Å²) in [6.45, 7) is 1.59. The van der Waals surface area contributed by atoms with Gasteiger partial charge in [-0.05, 0) is 47.9 Å². The van der Waals surface area contributed by atoms with Crippen molar-refractivity contribution in [1.29, 1.82) is 0 Å². The predicted molar refractivity (Wildman–Crippen MR) is 158 cm³/mol. The number of carbonyl (C=O) groups is 3. The Kier molecular flexibility index (Phi) is 8.69. The fourth-order valence-electron chi connectivity index (χ4n) is 4.88. The number of β-lactam (4-membered cyclic amide) rings is 1. The molecule has 5 rings (SSSR count). The van der Waals surface area contributed by atoms with E-state index in [2.05, 4.69) is 5.32 Å². The second-order valence-electron chi connectivity index (χ2n) is 9.98. The number of benzene rings is 3. The molecular formula is C31H30N2O7S2. The van der Waals surface area contributed by atoms with Crippen molar-refractivity contribution in [3.8, 4) is 5.75 Å². The molecule has 0 radical (unpaired) electrons. The third kappa shape index (κ3) is 6.22. The van der Waals surface area contributed by atoms with Crippen LogP contribution >= 0.6 is 11.8 Å². The Hall–Kier alpha value is -4.09. The largest absolute Gasteiger partial charge is 0.497 e. The smallest absolute Gasteiger partial charge is 0.355 e. The van der Waals surface area contributed by atoms with E-state index in [0.29, 0.717) is 16.9 Å². The number of nitrogens with one attached hydrogen (secondary N) is 1. The molecule has 9 nitrogen and oxygen atoms in total. The second-order valence-corrected chi connectivity index (χ2v) is 13.3. The van der Waals surface area contributed by atoms with Crippen molar-refractivity contribution in [3.05, 3.63) is 107 Å². The van der Waals surface area contributed by atoms with Gasteiger partial charge in [-0.15, -0.1) is 11.8 Å². The average Bonchev–Trinajstić information content (AvgIpc) is 3.00. The van der Waals surface area contributed by atoms with Gasteiger partial charge in [0.2, 0.25) is 5.91 Å². The number of sulfone groups is 1. The van der Waals surface area contributed by atoms with Gasteiger partial charge in [-0.25, -0.2) is 13.2 Å². The third-order valence-corrected chi connectivity index (χ3v) is 10.7. The summed E-state index contributed by atoms with van der Waals surface area (Å²) >= 11 is 1.24. The Morgan fingerprint density at radius 2 is 1.57 bits per heavy atom. The molecule has 2 amide bonds. The molecule has 3 aromatic rings. The maximum Gasteiger partial charge on any atom is 0.355 e. The quantitative estimate of drug-likeness (QED) is 0.275. The fourth-order valence-corrected chi connectivity index (χ4v) is 8.47. The van der Waals surface area contributed by atoms with E-state index >= 15 is 0 Å². The summed E-state index contributed by atoms with van der Waals surface area (Å²) < 4.78 is 37.4. The lowest BCUT2D eigenvalue weighted by Crippen LogP contribution is -2.71. The molecule has 1 fully saturated rings. The minimum atomic E-state index is -3.73. The summed E-state index contributed by atoms with van der Waals surface area (Å²) in [5, 5.41) is 1.47. The Morgan fingerprint density at radius 1 is 0.929 bits per heavy atom. The molecule has 1 unspecified atom stereocenters. The van der Waals surface area contributed by atoms with Crippen molar-refractivity contribution in [3.63, 3.8) is 0 Å². The summed E-state index contributed by atoms with van der Waals surface area (Å²) in [6.07, 6.45) is 0.0828. The first-order chi connectivity index (χ1) is 20.2. The van der Waals surface area contributed by atoms with Crippen molar-refractivity contribution >= 4 is 39.4 Å². The molecule has 0 saturated carbocycles. The average molecular weight is 607 g/mol. The van der Waals surface area contributed by atoms with Gasteiger partial charge < -0.3 is 14.8 Å². The molecule has 3 atom stereocenters. The standard InChI is InChI=1S/C31H30N2O7S2/c1-20-25(19-42(37,38)24-11-7-4-8-12-24)41-30-27(32-26(34)17-21-9-5-3-6-10-21)29(35)33(30)28(20)31(36)40-18-22-13-15-23(39-2)16-14-22/h3-16,25,27,30H,17-19H2,1-2H3,(H,32,34)/t25?,27-,30-/m1/s1. The van der Waals surface area contributed by atoms with Crippen LogP contribution in [0.4, 0.5) is 0 Å². The van der Waals surface area contributed by atoms with Crippen molar-refractivity contribution in [2.75, 3.05) is 12.9 Å². The molecule has 0 spiro atoms. The van der Waals surface area contributed by atoms with E-state index in [1.807, 2.05) is 30.3 Å². The van der Waals surface area contributed by atoms with Gasteiger partial charge in [0.1, 0.15) is 29.5 Å². The summed E-state index contributed by atoms with van der Waals surface area (Å²) in [4.78, 5) is 41.1. The first kappa shape index (κ1) is 29.4. The highest BCUT2D eigenvalue weighted by Crippen LogP contribution is 2.45. The van der Waals surface area contributed by atoms with Crippen LogP contribution in [0.3, 0.4) is 0 Å². The van der Waals surface area contributed by atoms with E-state index in [9.17, 15) is 22.8 Å². The number of hydrogen-bond donors (Lipinski definition) is 1. The number of ether oxygens (including phenoxy) is 2. The molecule has 218 valence electrons. The maximum absolute atomic E-state index is 13.4. The highest BCUT2D eigenvalue weighted by molar-refractivity contribution is 8.02. The van der Waals surface area contributed by atoms with Crippen LogP contribution in [0.15, 0.2) is 101 Å². The van der Waals surface area contributed by atoms with Gasteiger partial charge in [0.15, 0.2) is 9.84 Å². The molecule has 2 heterocycles. The molecule has 0 aromatic heterocycles. The van der Waals surface area contributed by atoms with E-state index in [0.717, 1.165) is 5.56 Å². The van der Waals surface area contributed by atoms with Crippen LogP contribution in [0.25, 0.3) is 0 Å². The molecule has 0 aliphatic carbocycles. The van der Waals surface area contributed by atoms with Crippen LogP contribution in [0.2, 0.25) is 0 Å². The first-order valence-electron chi connectivity index (χ1n) is 13.3. The number of thioether (sulfide) groups is 1. The first-order valence-corrected chi connectivity index (χ1v) is 15.9. The van der Waals surface area contributed by atoms with Crippen LogP contribution in [-0.4, -0.2) is 60.6 Å². The molecular weight excluding hydrogens is 576 g/mol. The lowest BCUT2D eigenvalue weighted by Gasteiger charge is -2.51. The number of fused-ring (bicyclic) bond motifs is 1. The van der Waals surface area contributed by atoms with E-state index in [1.165, 1.54) is 28.8 Å². The van der Waals surface area contributed by atoms with Crippen LogP contribution in [-0.2, 0) is 42.0 Å². The highest BCUT2D eigenvalue weighted by Gasteiger charge is 2.56. The number of amides is 2. The predicted octanol–water partition coefficient (Wildman–Crippen LogP) is 3.50. The highest BCUT2D eigenvalue weighted by atomic mass is 32.2. The summed E-state index contributed by atoms with van der Waals surface area (Å²) in [6, 6.07) is 23.3. The number of carbonyl (C=O) groups excluding carboxylic acids is 3. The minimum absolute atomic E-state index is 0.0130. The van der Waals surface area contributed by atoms with Crippen molar-refractivity contribution < 1.29 is 32.3 Å². The Morgan fingerprint density at radius 3 is 2.21 bits per heavy atom. The minimum Gasteiger partial charge on any atom is -0.497 e. The van der Waals surface area contributed by atoms with Gasteiger partial charge >= 0.3 is 5.97 Å². The fraction of sp³-hybridized carbons (Fsp3) is 0.258. The van der Waals surface area contributed by atoms with Crippen LogP contribution < -0.4 is 10.1 Å². The number of esters is 1. The lowest BCUT2D eigenvalue weighted by atomic mass is 10.0. The Labute approximate surface area is 248 Å². The van der Waals surface area contributed by atoms with Gasteiger partial charge in [-0.2, -0.15) is 0 Å². The molecule has 1 saturated heterocycles. The van der Waals surface area contributed by atoms with Gasteiger partial charge in [0.25, 0.3) is 5.91 Å². The molecule has 2 aliphatic heterocycles. The van der Waals surface area contributed by atoms with Gasteiger partial charge in [-0.3, -0.25) is 14.5 Å². The number of rotatable bonds is 10. The molecule has 11 heteroatoms. The van der Waals surface area contributed by atoms with Crippen molar-refractivity contribution in [2.45, 2.75) is 41.5 Å². The van der Waals surface area contributed by atoms with Gasteiger partial charge in [0, 0.05) is 5.25 Å². The van der Waals surface area contributed by atoms with E-state index < -0.39 is 38.4 Å². The molecule has 42 heavy (non-hydrogen) atoms. The maximum atomic E-state index is 13.4. The SMILES string of the molecule is COc1ccc(COC(=O)C2=C(C)C(CS(=O)(=O)c3ccccc3)S[C@@H]3[C@H](NC(=O)Cc4ccccc4)C(=O)N23)cc1. The Bertz CT molecular complexity index is 1610. The molecule has 0 bridgehead atoms. The number of methoxy groups -OCH3 is 1. The van der Waals surface area contributed by atoms with Crippen molar-refractivity contribution in [2.24, 2.45) is 0 Å². The Balaban J connectivity index is 1.38. The normalized spacial score (nSPS) is 19.9. The van der Waals surface area contributed by atoms with E-state index in [-0.39, 0.29) is 35.3 Å². The topological polar surface area (TPSA) is 119 Å². The lowest BCUT2D eigenvalue weighted by molar-refractivity contribution is -0.153. The summed E-state index contributed by atoms with van der Waals surface area (Å²) in [7, 11) is -2.17. The number of hydrogen-bond acceptors (Lipinski definition) is 8. The molecule has 2 aliphatic rings. The van der Waals surface area contributed by atoms with E-state index in [1.54, 1.807) is 56.5 Å². The van der Waals surface area contributed by atoms with E-state index in [4.69, 9.17) is 9.47 Å². The van der Waals surface area contributed by atoms with Crippen LogP contribution in [0, 0.1) is 0 Å².